The summed E-state index contributed by atoms with van der Waals surface area (Å²) in [6.07, 6.45) is -0.248. The zero-order chi connectivity index (χ0) is 23.3. The lowest BCUT2D eigenvalue weighted by Gasteiger charge is -2.24. The molecule has 0 bridgehead atoms. The summed E-state index contributed by atoms with van der Waals surface area (Å²) in [5.74, 6) is -1.71. The highest BCUT2D eigenvalue weighted by molar-refractivity contribution is 7.91. The van der Waals surface area contributed by atoms with Gasteiger partial charge < -0.3 is 4.90 Å². The normalized spacial score (nSPS) is 11.5. The number of anilines is 1. The number of likely N-dealkylation sites (N-methyl/N-ethyl adjacent to an activating group) is 1. The summed E-state index contributed by atoms with van der Waals surface area (Å²) in [5.41, 5.74) is 0.575. The Bertz CT molecular complexity index is 1180. The van der Waals surface area contributed by atoms with Gasteiger partial charge in [0.1, 0.15) is 11.6 Å². The summed E-state index contributed by atoms with van der Waals surface area (Å²) < 4.78 is 52.5. The number of halogens is 3. The molecular weight excluding hydrogens is 492 g/mol. The Hall–Kier alpha value is -2.14. The summed E-state index contributed by atoms with van der Waals surface area (Å²) >= 11 is 1.19. The quantitative estimate of drug-likeness (QED) is 0.369. The van der Waals surface area contributed by atoms with Crippen molar-refractivity contribution in [1.29, 1.82) is 0 Å². The van der Waals surface area contributed by atoms with E-state index in [0.717, 1.165) is 25.2 Å². The lowest BCUT2D eigenvalue weighted by molar-refractivity contribution is -0.118. The van der Waals surface area contributed by atoms with Gasteiger partial charge >= 0.3 is 0 Å². The third-order valence-electron chi connectivity index (χ3n) is 5.16. The molecule has 3 aromatic rings. The summed E-state index contributed by atoms with van der Waals surface area (Å²) in [6.45, 7) is 6.58. The number of nitrogens with zero attached hydrogens (tertiary/aromatic N) is 3. The minimum absolute atomic E-state index is 0. The van der Waals surface area contributed by atoms with Crippen LogP contribution in [0.1, 0.15) is 20.3 Å². The average molecular weight is 518 g/mol. The summed E-state index contributed by atoms with van der Waals surface area (Å²) in [6, 6.07) is 8.75. The number of fused-ring (bicyclic) bond motifs is 1. The van der Waals surface area contributed by atoms with Gasteiger partial charge in [-0.2, -0.15) is 0 Å². The predicted octanol–water partition coefficient (Wildman–Crippen LogP) is 4.54. The predicted molar refractivity (Wildman–Crippen MR) is 130 cm³/mol. The fourth-order valence-corrected chi connectivity index (χ4v) is 5.49. The van der Waals surface area contributed by atoms with Gasteiger partial charge in [0.25, 0.3) is 0 Å². The number of carbonyl (C=O) groups is 1. The average Bonchev–Trinajstić information content (AvgIpc) is 3.18. The fraction of sp³-hybridized carbons (Fsp3) is 0.364. The standard InChI is InChI=1S/C22H25F2N3O3S2.ClH/c1-3-26(4-2)12-13-27(22-25-19-10-7-17(24)15-20(19)31-22)21(28)11-14-32(29,30)18-8-5-16(23)6-9-18;/h5-10,15H,3-4,11-14H2,1-2H3;1H. The molecule has 6 nitrogen and oxygen atoms in total. The molecule has 0 N–H and O–H groups in total. The van der Waals surface area contributed by atoms with Crippen LogP contribution in [0.5, 0.6) is 0 Å². The van der Waals surface area contributed by atoms with E-state index in [-0.39, 0.29) is 35.4 Å². The van der Waals surface area contributed by atoms with Gasteiger partial charge in [0.15, 0.2) is 15.0 Å². The lowest BCUT2D eigenvalue weighted by atomic mass is 10.3. The van der Waals surface area contributed by atoms with E-state index in [9.17, 15) is 22.0 Å². The van der Waals surface area contributed by atoms with Gasteiger partial charge in [0.05, 0.1) is 20.9 Å². The Morgan fingerprint density at radius 2 is 1.64 bits per heavy atom. The van der Waals surface area contributed by atoms with Crippen molar-refractivity contribution in [3.63, 3.8) is 0 Å². The van der Waals surface area contributed by atoms with Gasteiger partial charge in [-0.25, -0.2) is 22.2 Å². The Morgan fingerprint density at radius 3 is 2.27 bits per heavy atom. The fourth-order valence-electron chi connectivity index (χ4n) is 3.23. The Kier molecular flexibility index (Phi) is 9.71. The maximum Gasteiger partial charge on any atom is 0.229 e. The molecule has 0 fully saturated rings. The smallest absolute Gasteiger partial charge is 0.229 e. The molecule has 0 atom stereocenters. The number of carbonyl (C=O) groups excluding carboxylic acids is 1. The molecule has 0 unspecified atom stereocenters. The molecule has 1 heterocycles. The van der Waals surface area contributed by atoms with E-state index in [0.29, 0.717) is 28.4 Å². The van der Waals surface area contributed by atoms with Crippen molar-refractivity contribution in [3.05, 3.63) is 54.1 Å². The molecule has 0 spiro atoms. The van der Waals surface area contributed by atoms with E-state index in [1.165, 1.54) is 40.5 Å². The second kappa shape index (κ2) is 11.8. The largest absolute Gasteiger partial charge is 0.302 e. The van der Waals surface area contributed by atoms with E-state index >= 15 is 0 Å². The zero-order valence-electron chi connectivity index (χ0n) is 18.3. The summed E-state index contributed by atoms with van der Waals surface area (Å²) in [5, 5.41) is 0.405. The molecule has 33 heavy (non-hydrogen) atoms. The number of rotatable bonds is 10. The van der Waals surface area contributed by atoms with Crippen LogP contribution in [-0.4, -0.2) is 56.1 Å². The van der Waals surface area contributed by atoms with Gasteiger partial charge in [-0.15, -0.1) is 12.4 Å². The number of thiazole rings is 1. The van der Waals surface area contributed by atoms with Crippen LogP contribution < -0.4 is 4.90 Å². The monoisotopic (exact) mass is 517 g/mol. The van der Waals surface area contributed by atoms with Crippen molar-refractivity contribution in [2.24, 2.45) is 0 Å². The van der Waals surface area contributed by atoms with Gasteiger partial charge in [-0.05, 0) is 55.6 Å². The molecular formula is C22H26ClF2N3O3S2. The Morgan fingerprint density at radius 1 is 1.00 bits per heavy atom. The molecule has 0 radical (unpaired) electrons. The van der Waals surface area contributed by atoms with E-state index in [4.69, 9.17) is 0 Å². The molecule has 1 aromatic heterocycles. The third kappa shape index (κ3) is 6.92. The van der Waals surface area contributed by atoms with Crippen LogP contribution in [0.4, 0.5) is 13.9 Å². The number of sulfone groups is 1. The molecule has 0 aliphatic carbocycles. The molecule has 0 saturated heterocycles. The SMILES string of the molecule is CCN(CC)CCN(C(=O)CCS(=O)(=O)c1ccc(F)cc1)c1nc2ccc(F)cc2s1.Cl. The van der Waals surface area contributed by atoms with E-state index in [2.05, 4.69) is 9.88 Å². The zero-order valence-corrected chi connectivity index (χ0v) is 20.8. The molecule has 180 valence electrons. The molecule has 3 rings (SSSR count). The second-order valence-corrected chi connectivity index (χ2v) is 10.3. The van der Waals surface area contributed by atoms with Gasteiger partial charge in [0.2, 0.25) is 5.91 Å². The second-order valence-electron chi connectivity index (χ2n) is 7.20. The Labute approximate surface area is 202 Å². The highest BCUT2D eigenvalue weighted by Crippen LogP contribution is 2.30. The number of amides is 1. The molecule has 1 amide bonds. The van der Waals surface area contributed by atoms with Crippen molar-refractivity contribution in [3.8, 4) is 0 Å². The van der Waals surface area contributed by atoms with E-state index < -0.39 is 21.4 Å². The minimum atomic E-state index is -3.75. The number of benzene rings is 2. The number of hydrogen-bond donors (Lipinski definition) is 0. The molecule has 0 saturated carbocycles. The maximum absolute atomic E-state index is 13.6. The number of hydrogen-bond acceptors (Lipinski definition) is 6. The first-order valence-corrected chi connectivity index (χ1v) is 12.8. The van der Waals surface area contributed by atoms with Crippen molar-refractivity contribution in [2.45, 2.75) is 25.2 Å². The first kappa shape index (κ1) is 27.1. The maximum atomic E-state index is 13.6. The third-order valence-corrected chi connectivity index (χ3v) is 7.94. The van der Waals surface area contributed by atoms with Crippen LogP contribution in [0.25, 0.3) is 10.2 Å². The van der Waals surface area contributed by atoms with Crippen LogP contribution in [0.15, 0.2) is 47.4 Å². The lowest BCUT2D eigenvalue weighted by Crippen LogP contribution is -2.39. The highest BCUT2D eigenvalue weighted by Gasteiger charge is 2.24. The van der Waals surface area contributed by atoms with Gasteiger partial charge in [0, 0.05) is 19.5 Å². The van der Waals surface area contributed by atoms with Crippen LogP contribution in [-0.2, 0) is 14.6 Å². The van der Waals surface area contributed by atoms with E-state index in [1.807, 2.05) is 13.8 Å². The van der Waals surface area contributed by atoms with Crippen molar-refractivity contribution in [1.82, 2.24) is 9.88 Å². The molecule has 2 aromatic carbocycles. The van der Waals surface area contributed by atoms with Gasteiger partial charge in [-0.1, -0.05) is 25.2 Å². The number of aromatic nitrogens is 1. The van der Waals surface area contributed by atoms with Crippen LogP contribution >= 0.6 is 23.7 Å². The first-order valence-electron chi connectivity index (χ1n) is 10.3. The molecule has 11 heteroatoms. The summed E-state index contributed by atoms with van der Waals surface area (Å²) in [4.78, 5) is 21.1. The van der Waals surface area contributed by atoms with Crippen LogP contribution in [0.3, 0.4) is 0 Å². The molecule has 0 aliphatic rings. The topological polar surface area (TPSA) is 70.6 Å². The van der Waals surface area contributed by atoms with E-state index in [1.54, 1.807) is 6.07 Å². The molecule has 0 aliphatic heterocycles. The highest BCUT2D eigenvalue weighted by atomic mass is 35.5. The van der Waals surface area contributed by atoms with Gasteiger partial charge in [-0.3, -0.25) is 9.69 Å². The van der Waals surface area contributed by atoms with Crippen LogP contribution in [0, 0.1) is 11.6 Å². The van der Waals surface area contributed by atoms with Crippen molar-refractivity contribution < 1.29 is 22.0 Å². The minimum Gasteiger partial charge on any atom is -0.302 e. The van der Waals surface area contributed by atoms with Crippen molar-refractivity contribution >= 4 is 54.8 Å². The Balaban J connectivity index is 0.00000385. The first-order chi connectivity index (χ1) is 15.2. The van der Waals surface area contributed by atoms with Crippen molar-refractivity contribution in [2.75, 3.05) is 36.8 Å². The van der Waals surface area contributed by atoms with Crippen LogP contribution in [0.2, 0.25) is 0 Å². The summed E-state index contributed by atoms with van der Waals surface area (Å²) in [7, 11) is -3.75.